The van der Waals surface area contributed by atoms with Crippen molar-refractivity contribution in [3.8, 4) is 5.75 Å². The molecule has 0 spiro atoms. The molecular formula is C15H22N2O4. The van der Waals surface area contributed by atoms with Crippen molar-refractivity contribution in [3.63, 3.8) is 0 Å². The second-order valence-corrected chi connectivity index (χ2v) is 6.11. The van der Waals surface area contributed by atoms with E-state index in [2.05, 4.69) is 5.32 Å². The van der Waals surface area contributed by atoms with Gasteiger partial charge in [-0.2, -0.15) is 0 Å². The predicted octanol–water partition coefficient (Wildman–Crippen LogP) is 0.877. The van der Waals surface area contributed by atoms with Crippen LogP contribution in [-0.2, 0) is 16.0 Å². The van der Waals surface area contributed by atoms with Crippen molar-refractivity contribution < 1.29 is 19.8 Å². The zero-order valence-corrected chi connectivity index (χ0v) is 12.5. The highest BCUT2D eigenvalue weighted by Gasteiger charge is 2.30. The molecule has 21 heavy (non-hydrogen) atoms. The van der Waals surface area contributed by atoms with E-state index in [1.54, 1.807) is 12.1 Å². The number of carboxylic acids is 1. The third kappa shape index (κ3) is 5.07. The molecule has 0 aliphatic carbocycles. The highest BCUT2D eigenvalue weighted by molar-refractivity contribution is 5.87. The maximum absolute atomic E-state index is 12.0. The number of aromatic hydroxyl groups is 1. The van der Waals surface area contributed by atoms with Gasteiger partial charge in [0.25, 0.3) is 0 Å². The molecule has 0 aliphatic rings. The van der Waals surface area contributed by atoms with Crippen molar-refractivity contribution in [2.75, 3.05) is 0 Å². The van der Waals surface area contributed by atoms with Crippen LogP contribution >= 0.6 is 0 Å². The normalized spacial score (nSPS) is 14.3. The summed E-state index contributed by atoms with van der Waals surface area (Å²) in [6.07, 6.45) is 0.123. The van der Waals surface area contributed by atoms with Gasteiger partial charge < -0.3 is 21.3 Å². The monoisotopic (exact) mass is 294 g/mol. The fourth-order valence-electron chi connectivity index (χ4n) is 1.72. The summed E-state index contributed by atoms with van der Waals surface area (Å²) in [5, 5.41) is 20.9. The van der Waals surface area contributed by atoms with E-state index in [-0.39, 0.29) is 12.2 Å². The van der Waals surface area contributed by atoms with Crippen LogP contribution in [0, 0.1) is 5.41 Å². The molecule has 0 saturated heterocycles. The molecule has 0 aliphatic heterocycles. The molecule has 1 aromatic rings. The third-order valence-corrected chi connectivity index (χ3v) is 3.21. The summed E-state index contributed by atoms with van der Waals surface area (Å²) < 4.78 is 0. The quantitative estimate of drug-likeness (QED) is 0.644. The number of carbonyl (C=O) groups is 2. The Kier molecular flexibility index (Phi) is 5.32. The number of rotatable bonds is 5. The molecule has 1 amide bonds. The number of carboxylic acid groups (broad SMARTS) is 1. The minimum Gasteiger partial charge on any atom is -0.508 e. The lowest BCUT2D eigenvalue weighted by atomic mass is 9.86. The Morgan fingerprint density at radius 2 is 1.76 bits per heavy atom. The first-order chi connectivity index (χ1) is 9.61. The first-order valence-electron chi connectivity index (χ1n) is 6.68. The van der Waals surface area contributed by atoms with E-state index < -0.39 is 29.4 Å². The first kappa shape index (κ1) is 17.0. The van der Waals surface area contributed by atoms with E-state index in [0.29, 0.717) is 5.56 Å². The van der Waals surface area contributed by atoms with Gasteiger partial charge in [-0.25, -0.2) is 4.79 Å². The highest BCUT2D eigenvalue weighted by atomic mass is 16.4. The van der Waals surface area contributed by atoms with Crippen molar-refractivity contribution in [2.24, 2.45) is 11.1 Å². The van der Waals surface area contributed by atoms with Crippen LogP contribution in [0.1, 0.15) is 26.3 Å². The number of hydrogen-bond acceptors (Lipinski definition) is 4. The Hall–Kier alpha value is -2.08. The van der Waals surface area contributed by atoms with Crippen LogP contribution < -0.4 is 11.1 Å². The standard InChI is InChI=1S/C15H22N2O4/c1-15(2,3)12(16)13(19)17-11(14(20)21)8-9-4-6-10(18)7-5-9/h4-7,11-12,18H,8,16H2,1-3H3,(H,17,19)(H,20,21)/t11-,12?/m1/s1. The van der Waals surface area contributed by atoms with Crippen molar-refractivity contribution in [2.45, 2.75) is 39.3 Å². The Balaban J connectivity index is 2.77. The maximum atomic E-state index is 12.0. The molecule has 0 saturated carbocycles. The van der Waals surface area contributed by atoms with E-state index in [0.717, 1.165) is 0 Å². The molecule has 1 unspecified atom stereocenters. The van der Waals surface area contributed by atoms with E-state index in [4.69, 9.17) is 5.73 Å². The van der Waals surface area contributed by atoms with Gasteiger partial charge in [0.1, 0.15) is 11.8 Å². The van der Waals surface area contributed by atoms with Crippen molar-refractivity contribution in [1.29, 1.82) is 0 Å². The first-order valence-corrected chi connectivity index (χ1v) is 6.68. The molecule has 116 valence electrons. The molecule has 0 fully saturated rings. The molecule has 1 rings (SSSR count). The number of benzene rings is 1. The zero-order valence-electron chi connectivity index (χ0n) is 12.5. The number of hydrogen-bond donors (Lipinski definition) is 4. The van der Waals surface area contributed by atoms with Crippen LogP contribution in [0.2, 0.25) is 0 Å². The zero-order chi connectivity index (χ0) is 16.2. The number of amides is 1. The predicted molar refractivity (Wildman–Crippen MR) is 78.8 cm³/mol. The molecule has 5 N–H and O–H groups in total. The smallest absolute Gasteiger partial charge is 0.326 e. The number of nitrogens with two attached hydrogens (primary N) is 1. The third-order valence-electron chi connectivity index (χ3n) is 3.21. The Morgan fingerprint density at radius 1 is 1.24 bits per heavy atom. The summed E-state index contributed by atoms with van der Waals surface area (Å²) >= 11 is 0. The maximum Gasteiger partial charge on any atom is 0.326 e. The van der Waals surface area contributed by atoms with E-state index in [9.17, 15) is 19.8 Å². The molecule has 1 aromatic carbocycles. The molecule has 0 bridgehead atoms. The Bertz CT molecular complexity index is 505. The second-order valence-electron chi connectivity index (χ2n) is 6.11. The lowest BCUT2D eigenvalue weighted by molar-refractivity contribution is -0.142. The van der Waals surface area contributed by atoms with Gasteiger partial charge in [-0.1, -0.05) is 32.9 Å². The summed E-state index contributed by atoms with van der Waals surface area (Å²) in [4.78, 5) is 23.3. The lowest BCUT2D eigenvalue weighted by Crippen LogP contribution is -2.53. The minimum absolute atomic E-state index is 0.101. The highest BCUT2D eigenvalue weighted by Crippen LogP contribution is 2.18. The minimum atomic E-state index is -1.13. The van der Waals surface area contributed by atoms with Crippen LogP contribution in [0.5, 0.6) is 5.75 Å². The molecule has 0 heterocycles. The van der Waals surface area contributed by atoms with Crippen LogP contribution in [0.3, 0.4) is 0 Å². The van der Waals surface area contributed by atoms with Gasteiger partial charge in [0.2, 0.25) is 5.91 Å². The molecular weight excluding hydrogens is 272 g/mol. The number of phenolic OH excluding ortho intramolecular Hbond substituents is 1. The summed E-state index contributed by atoms with van der Waals surface area (Å²) in [5.74, 6) is -1.52. The van der Waals surface area contributed by atoms with E-state index in [1.165, 1.54) is 12.1 Å². The lowest BCUT2D eigenvalue weighted by Gasteiger charge is -2.27. The van der Waals surface area contributed by atoms with Gasteiger partial charge in [0.15, 0.2) is 0 Å². The van der Waals surface area contributed by atoms with Crippen LogP contribution in [0.25, 0.3) is 0 Å². The van der Waals surface area contributed by atoms with Crippen molar-refractivity contribution in [1.82, 2.24) is 5.32 Å². The second kappa shape index (κ2) is 6.58. The van der Waals surface area contributed by atoms with Crippen molar-refractivity contribution in [3.05, 3.63) is 29.8 Å². The van der Waals surface area contributed by atoms with Crippen LogP contribution in [0.4, 0.5) is 0 Å². The number of carbonyl (C=O) groups excluding carboxylic acids is 1. The topological polar surface area (TPSA) is 113 Å². The largest absolute Gasteiger partial charge is 0.508 e. The van der Waals surface area contributed by atoms with Crippen molar-refractivity contribution >= 4 is 11.9 Å². The molecule has 0 aromatic heterocycles. The fourth-order valence-corrected chi connectivity index (χ4v) is 1.72. The molecule has 0 radical (unpaired) electrons. The average molecular weight is 294 g/mol. The van der Waals surface area contributed by atoms with Crippen LogP contribution in [-0.4, -0.2) is 34.2 Å². The number of nitrogens with one attached hydrogen (secondary N) is 1. The average Bonchev–Trinajstić information content (AvgIpc) is 2.38. The summed E-state index contributed by atoms with van der Waals surface area (Å²) in [7, 11) is 0. The van der Waals surface area contributed by atoms with Gasteiger partial charge in [0.05, 0.1) is 6.04 Å². The number of aliphatic carboxylic acids is 1. The molecule has 6 heteroatoms. The number of phenols is 1. The molecule has 6 nitrogen and oxygen atoms in total. The fraction of sp³-hybridized carbons (Fsp3) is 0.467. The van der Waals surface area contributed by atoms with Gasteiger partial charge in [-0.05, 0) is 23.1 Å². The van der Waals surface area contributed by atoms with Gasteiger partial charge in [-0.15, -0.1) is 0 Å². The summed E-state index contributed by atoms with van der Waals surface area (Å²) in [6.45, 7) is 5.44. The van der Waals surface area contributed by atoms with Gasteiger partial charge in [0, 0.05) is 6.42 Å². The van der Waals surface area contributed by atoms with E-state index in [1.807, 2.05) is 20.8 Å². The van der Waals surface area contributed by atoms with Gasteiger partial charge in [-0.3, -0.25) is 4.79 Å². The summed E-state index contributed by atoms with van der Waals surface area (Å²) in [5.41, 5.74) is 6.06. The Morgan fingerprint density at radius 3 is 2.19 bits per heavy atom. The summed E-state index contributed by atoms with van der Waals surface area (Å²) in [6, 6.07) is 4.31. The SMILES string of the molecule is CC(C)(C)C(N)C(=O)N[C@H](Cc1ccc(O)cc1)C(=O)O. The Labute approximate surface area is 124 Å². The van der Waals surface area contributed by atoms with Gasteiger partial charge >= 0.3 is 5.97 Å². The van der Waals surface area contributed by atoms with E-state index >= 15 is 0 Å². The van der Waals surface area contributed by atoms with Crippen LogP contribution in [0.15, 0.2) is 24.3 Å². The molecule has 2 atom stereocenters.